The molecule has 2 fully saturated rings. The molecule has 6 nitrogen and oxygen atoms in total. The molecule has 2 aromatic heterocycles. The van der Waals surface area contributed by atoms with Crippen molar-refractivity contribution in [2.24, 2.45) is 11.8 Å². The molecule has 2 aromatic rings. The maximum absolute atomic E-state index is 10.5. The Morgan fingerprint density at radius 1 is 1.14 bits per heavy atom. The lowest BCUT2D eigenvalue weighted by atomic mass is 10.1. The number of aromatic nitrogens is 4. The number of aliphatic hydroxyl groups is 2. The number of rotatable bonds is 7. The minimum absolute atomic E-state index is 0.187. The summed E-state index contributed by atoms with van der Waals surface area (Å²) in [4.78, 5) is 13.9. The number of imidazole rings is 1. The van der Waals surface area contributed by atoms with E-state index in [9.17, 15) is 10.2 Å². The molecule has 0 amide bonds. The fraction of sp³-hybridized carbons (Fsp3) is 0.609. The Hall–Kier alpha value is -2.23. The van der Waals surface area contributed by atoms with Crippen molar-refractivity contribution in [3.05, 3.63) is 23.9 Å². The fourth-order valence-corrected chi connectivity index (χ4v) is 4.34. The Kier molecular flexibility index (Phi) is 5.98. The molecule has 2 saturated carbocycles. The van der Waals surface area contributed by atoms with E-state index in [4.69, 9.17) is 4.98 Å². The second-order valence-corrected chi connectivity index (χ2v) is 8.24. The summed E-state index contributed by atoms with van der Waals surface area (Å²) in [6.45, 7) is 4.32. The molecule has 0 aromatic carbocycles. The number of aliphatic hydroxyl groups excluding tert-OH is 2. The number of hydrogen-bond donors (Lipinski definition) is 2. The van der Waals surface area contributed by atoms with E-state index in [2.05, 4.69) is 41.7 Å². The monoisotopic (exact) mass is 394 g/mol. The molecule has 2 heterocycles. The van der Waals surface area contributed by atoms with Gasteiger partial charge in [0.05, 0.1) is 18.5 Å². The molecule has 5 atom stereocenters. The van der Waals surface area contributed by atoms with Crippen LogP contribution in [-0.2, 0) is 0 Å². The van der Waals surface area contributed by atoms with Gasteiger partial charge in [-0.05, 0) is 43.1 Å². The number of unbranched alkanes of at least 4 members (excludes halogenated alkanes) is 4. The summed E-state index contributed by atoms with van der Waals surface area (Å²) < 4.78 is 1.93. The Labute approximate surface area is 172 Å². The first-order valence-corrected chi connectivity index (χ1v) is 10.9. The van der Waals surface area contributed by atoms with Gasteiger partial charge in [0.1, 0.15) is 17.3 Å². The van der Waals surface area contributed by atoms with E-state index in [0.717, 1.165) is 44.9 Å². The summed E-state index contributed by atoms with van der Waals surface area (Å²) in [5, 5.41) is 20.8. The van der Waals surface area contributed by atoms with Gasteiger partial charge in [-0.25, -0.2) is 15.0 Å². The van der Waals surface area contributed by atoms with Crippen LogP contribution in [0.1, 0.15) is 76.4 Å². The van der Waals surface area contributed by atoms with E-state index < -0.39 is 12.2 Å². The summed E-state index contributed by atoms with van der Waals surface area (Å²) >= 11 is 0. The molecule has 2 N–H and O–H groups in total. The Bertz CT molecular complexity index is 955. The number of nitrogens with zero attached hydrogens (tertiary/aromatic N) is 4. The molecule has 2 aliphatic carbocycles. The molecule has 29 heavy (non-hydrogen) atoms. The molecule has 6 heteroatoms. The van der Waals surface area contributed by atoms with Gasteiger partial charge in [-0.3, -0.25) is 0 Å². The lowest BCUT2D eigenvalue weighted by Gasteiger charge is -2.22. The maximum atomic E-state index is 10.5. The predicted molar refractivity (Wildman–Crippen MR) is 113 cm³/mol. The van der Waals surface area contributed by atoms with Crippen molar-refractivity contribution in [1.82, 2.24) is 19.5 Å². The number of allylic oxidation sites excluding steroid dienone is 1. The molecule has 0 bridgehead atoms. The Morgan fingerprint density at radius 2 is 1.97 bits per heavy atom. The summed E-state index contributed by atoms with van der Waals surface area (Å²) in [6, 6.07) is -0.187. The molecule has 154 valence electrons. The smallest absolute Gasteiger partial charge is 0.165 e. The van der Waals surface area contributed by atoms with Gasteiger partial charge in [0.25, 0.3) is 0 Å². The van der Waals surface area contributed by atoms with Gasteiger partial charge < -0.3 is 14.8 Å². The molecule has 4 rings (SSSR count). The van der Waals surface area contributed by atoms with Crippen LogP contribution in [0.4, 0.5) is 0 Å². The average molecular weight is 395 g/mol. The quantitative estimate of drug-likeness (QED) is 0.555. The van der Waals surface area contributed by atoms with Crippen LogP contribution < -0.4 is 0 Å². The zero-order valence-electron chi connectivity index (χ0n) is 17.3. The van der Waals surface area contributed by atoms with E-state index in [-0.39, 0.29) is 17.9 Å². The van der Waals surface area contributed by atoms with E-state index in [0.29, 0.717) is 22.7 Å². The van der Waals surface area contributed by atoms with Crippen LogP contribution in [0.3, 0.4) is 0 Å². The molecule has 2 aliphatic rings. The van der Waals surface area contributed by atoms with E-state index >= 15 is 0 Å². The summed E-state index contributed by atoms with van der Waals surface area (Å²) in [5.41, 5.74) is 2.00. The van der Waals surface area contributed by atoms with Gasteiger partial charge in [0, 0.05) is 6.42 Å². The third-order valence-electron chi connectivity index (χ3n) is 6.08. The molecule has 0 spiro atoms. The van der Waals surface area contributed by atoms with Crippen LogP contribution in [0.25, 0.3) is 17.2 Å². The highest BCUT2D eigenvalue weighted by Crippen LogP contribution is 2.57. The molecule has 0 unspecified atom stereocenters. The number of fused-ring (bicyclic) bond motifs is 2. The highest BCUT2D eigenvalue weighted by Gasteiger charge is 2.60. The van der Waals surface area contributed by atoms with Crippen LogP contribution in [0.5, 0.6) is 0 Å². The van der Waals surface area contributed by atoms with Gasteiger partial charge in [-0.1, -0.05) is 45.1 Å². The fourth-order valence-electron chi connectivity index (χ4n) is 4.34. The molecule has 0 aliphatic heterocycles. The van der Waals surface area contributed by atoms with Crippen molar-refractivity contribution in [2.75, 3.05) is 0 Å². The second kappa shape index (κ2) is 8.64. The third-order valence-corrected chi connectivity index (χ3v) is 6.08. The van der Waals surface area contributed by atoms with Crippen LogP contribution in [0, 0.1) is 23.7 Å². The first-order chi connectivity index (χ1) is 14.2. The second-order valence-electron chi connectivity index (χ2n) is 8.24. The van der Waals surface area contributed by atoms with Gasteiger partial charge >= 0.3 is 0 Å². The van der Waals surface area contributed by atoms with Crippen LogP contribution >= 0.6 is 0 Å². The lowest BCUT2D eigenvalue weighted by Crippen LogP contribution is -2.31. The van der Waals surface area contributed by atoms with Crippen LogP contribution in [-0.4, -0.2) is 41.9 Å². The van der Waals surface area contributed by atoms with Crippen molar-refractivity contribution >= 4 is 17.2 Å². The summed E-state index contributed by atoms with van der Waals surface area (Å²) in [6.07, 6.45) is 11.6. The minimum Gasteiger partial charge on any atom is -0.390 e. The summed E-state index contributed by atoms with van der Waals surface area (Å²) in [7, 11) is 0. The van der Waals surface area contributed by atoms with Crippen molar-refractivity contribution in [3.8, 4) is 11.8 Å². The normalized spacial score (nSPS) is 27.9. The maximum Gasteiger partial charge on any atom is 0.165 e. The van der Waals surface area contributed by atoms with Crippen LogP contribution in [0.15, 0.2) is 12.4 Å². The van der Waals surface area contributed by atoms with Crippen LogP contribution in [0.2, 0.25) is 0 Å². The highest BCUT2D eigenvalue weighted by atomic mass is 16.3. The molecular formula is C23H30N4O2. The van der Waals surface area contributed by atoms with Gasteiger partial charge in [-0.2, -0.15) is 0 Å². The van der Waals surface area contributed by atoms with Gasteiger partial charge in [0.15, 0.2) is 11.5 Å². The molecular weight excluding hydrogens is 364 g/mol. The largest absolute Gasteiger partial charge is 0.390 e. The van der Waals surface area contributed by atoms with E-state index in [1.54, 1.807) is 6.33 Å². The van der Waals surface area contributed by atoms with Gasteiger partial charge in [-0.15, -0.1) is 0 Å². The van der Waals surface area contributed by atoms with Crippen molar-refractivity contribution in [2.45, 2.75) is 77.0 Å². The zero-order valence-corrected chi connectivity index (χ0v) is 17.3. The van der Waals surface area contributed by atoms with Crippen molar-refractivity contribution in [3.63, 3.8) is 0 Å². The molecule has 0 radical (unpaired) electrons. The Morgan fingerprint density at radius 3 is 2.69 bits per heavy atom. The van der Waals surface area contributed by atoms with E-state index in [1.165, 1.54) is 0 Å². The summed E-state index contributed by atoms with van der Waals surface area (Å²) in [5.74, 6) is 7.49. The van der Waals surface area contributed by atoms with Crippen molar-refractivity contribution < 1.29 is 10.2 Å². The average Bonchev–Trinajstić information content (AvgIpc) is 3.33. The predicted octanol–water partition coefficient (Wildman–Crippen LogP) is 3.48. The van der Waals surface area contributed by atoms with Crippen molar-refractivity contribution in [1.29, 1.82) is 0 Å². The first-order valence-electron chi connectivity index (χ1n) is 10.9. The van der Waals surface area contributed by atoms with E-state index in [1.807, 2.05) is 10.6 Å². The number of hydrogen-bond acceptors (Lipinski definition) is 5. The third kappa shape index (κ3) is 3.94. The first kappa shape index (κ1) is 20.1. The minimum atomic E-state index is -0.784. The molecule has 0 saturated heterocycles. The topological polar surface area (TPSA) is 84.1 Å². The SMILES string of the molecule is CCCCC#Cc1nc(/C=C/CCCC)nc2c1ncn2[C@H]1[C@H](O)[C@H](O)[C@@H]2C[C@@H]21. The lowest BCUT2D eigenvalue weighted by molar-refractivity contribution is 0.00386. The highest BCUT2D eigenvalue weighted by molar-refractivity contribution is 5.78. The standard InChI is InChI=1S/C23H30N4O2/c1-3-5-7-9-11-17-19-23(26-18(25-17)12-10-8-6-4-2)27(14-24-19)20-15-13-16(15)21(28)22(20)29/h10,12,14-16,20-22,28-29H,3-8,13H2,1-2H3/b12-10+/t15-,16+,20+,21+,22-/m0/s1. The Balaban J connectivity index is 1.72. The van der Waals surface area contributed by atoms with Gasteiger partial charge in [0.2, 0.25) is 0 Å². The zero-order chi connectivity index (χ0) is 20.4.